The molecule has 0 aromatic heterocycles. The van der Waals surface area contributed by atoms with E-state index >= 15 is 0 Å². The fourth-order valence-electron chi connectivity index (χ4n) is 1.99. The monoisotopic (exact) mass is 329 g/mol. The number of methoxy groups -OCH3 is 1. The van der Waals surface area contributed by atoms with E-state index in [4.69, 9.17) is 9.47 Å². The first kappa shape index (κ1) is 17.3. The number of non-ortho nitro benzene ring substituents is 1. The fourth-order valence-corrected chi connectivity index (χ4v) is 1.99. The Morgan fingerprint density at radius 1 is 1.21 bits per heavy atom. The van der Waals surface area contributed by atoms with Gasteiger partial charge in [-0.05, 0) is 38.1 Å². The normalized spacial score (nSPS) is 10.8. The Kier molecular flexibility index (Phi) is 5.73. The highest BCUT2D eigenvalue weighted by atomic mass is 16.6. The highest BCUT2D eigenvalue weighted by Gasteiger charge is 2.10. The van der Waals surface area contributed by atoms with Gasteiger partial charge < -0.3 is 9.47 Å². The third kappa shape index (κ3) is 4.45. The molecular formula is C17H19N3O4. The van der Waals surface area contributed by atoms with Crippen molar-refractivity contribution in [1.82, 2.24) is 0 Å². The molecule has 0 aliphatic carbocycles. The molecule has 0 saturated heterocycles. The van der Waals surface area contributed by atoms with Gasteiger partial charge in [0.15, 0.2) is 11.5 Å². The van der Waals surface area contributed by atoms with Crippen LogP contribution in [0.15, 0.2) is 47.6 Å². The van der Waals surface area contributed by atoms with Crippen LogP contribution in [0.2, 0.25) is 0 Å². The van der Waals surface area contributed by atoms with Crippen molar-refractivity contribution < 1.29 is 14.4 Å². The van der Waals surface area contributed by atoms with Crippen molar-refractivity contribution in [3.05, 3.63) is 58.1 Å². The van der Waals surface area contributed by atoms with Crippen LogP contribution >= 0.6 is 0 Å². The molecule has 126 valence electrons. The number of para-hydroxylation sites is 1. The third-order valence-corrected chi connectivity index (χ3v) is 3.06. The van der Waals surface area contributed by atoms with Gasteiger partial charge in [0.2, 0.25) is 0 Å². The van der Waals surface area contributed by atoms with E-state index in [-0.39, 0.29) is 11.8 Å². The minimum Gasteiger partial charge on any atom is -0.493 e. The Morgan fingerprint density at radius 2 is 1.92 bits per heavy atom. The van der Waals surface area contributed by atoms with Gasteiger partial charge >= 0.3 is 0 Å². The lowest BCUT2D eigenvalue weighted by Gasteiger charge is -2.15. The number of nitrogens with zero attached hydrogens (tertiary/aromatic N) is 2. The Balaban J connectivity index is 2.15. The van der Waals surface area contributed by atoms with Gasteiger partial charge in [-0.15, -0.1) is 0 Å². The molecule has 0 amide bonds. The van der Waals surface area contributed by atoms with E-state index in [1.807, 2.05) is 32.0 Å². The Morgan fingerprint density at radius 3 is 2.50 bits per heavy atom. The maximum atomic E-state index is 10.6. The number of hydrogen-bond acceptors (Lipinski definition) is 6. The maximum absolute atomic E-state index is 10.6. The molecule has 0 saturated carbocycles. The minimum atomic E-state index is -0.446. The smallest absolute Gasteiger partial charge is 0.269 e. The van der Waals surface area contributed by atoms with Crippen LogP contribution in [0.1, 0.15) is 19.4 Å². The van der Waals surface area contributed by atoms with Gasteiger partial charge in [0.1, 0.15) is 0 Å². The number of hydrazone groups is 1. The molecular weight excluding hydrogens is 310 g/mol. The second kappa shape index (κ2) is 7.96. The van der Waals surface area contributed by atoms with E-state index in [2.05, 4.69) is 10.5 Å². The van der Waals surface area contributed by atoms with Crippen molar-refractivity contribution in [3.63, 3.8) is 0 Å². The zero-order chi connectivity index (χ0) is 17.5. The summed E-state index contributed by atoms with van der Waals surface area (Å²) in [6.07, 6.45) is 1.61. The summed E-state index contributed by atoms with van der Waals surface area (Å²) in [7, 11) is 1.58. The van der Waals surface area contributed by atoms with Crippen LogP contribution in [0.5, 0.6) is 11.5 Å². The van der Waals surface area contributed by atoms with E-state index in [0.29, 0.717) is 17.2 Å². The molecule has 0 unspecified atom stereocenters. The predicted molar refractivity (Wildman–Crippen MR) is 93.1 cm³/mol. The predicted octanol–water partition coefficient (Wildman–Crippen LogP) is 3.84. The summed E-state index contributed by atoms with van der Waals surface area (Å²) in [5.41, 5.74) is 4.27. The summed E-state index contributed by atoms with van der Waals surface area (Å²) >= 11 is 0. The number of nitro groups is 1. The Labute approximate surface area is 140 Å². The first-order chi connectivity index (χ1) is 11.5. The van der Waals surface area contributed by atoms with Crippen molar-refractivity contribution in [3.8, 4) is 11.5 Å². The molecule has 0 atom stereocenters. The Hall–Kier alpha value is -3.09. The summed E-state index contributed by atoms with van der Waals surface area (Å²) in [6, 6.07) is 11.5. The second-order valence-corrected chi connectivity index (χ2v) is 5.22. The third-order valence-electron chi connectivity index (χ3n) is 3.06. The molecule has 0 aliphatic rings. The van der Waals surface area contributed by atoms with Crippen molar-refractivity contribution in [2.75, 3.05) is 12.5 Å². The zero-order valence-corrected chi connectivity index (χ0v) is 13.7. The molecule has 2 rings (SSSR count). The molecule has 1 N–H and O–H groups in total. The van der Waals surface area contributed by atoms with Crippen LogP contribution in [-0.4, -0.2) is 24.4 Å². The number of rotatable bonds is 7. The van der Waals surface area contributed by atoms with Gasteiger partial charge in [-0.1, -0.05) is 6.07 Å². The highest BCUT2D eigenvalue weighted by molar-refractivity contribution is 5.85. The van der Waals surface area contributed by atoms with Gasteiger partial charge in [0, 0.05) is 17.7 Å². The number of ether oxygens (including phenoxy) is 2. The SMILES string of the molecule is COc1cccc(/C=N\Nc2ccc([N+](=O)[O-])cc2)c1OC(C)C. The number of anilines is 1. The van der Waals surface area contributed by atoms with E-state index < -0.39 is 4.92 Å². The van der Waals surface area contributed by atoms with E-state index in [9.17, 15) is 10.1 Å². The quantitative estimate of drug-likeness (QED) is 0.474. The molecule has 24 heavy (non-hydrogen) atoms. The lowest BCUT2D eigenvalue weighted by atomic mass is 10.2. The van der Waals surface area contributed by atoms with Crippen molar-refractivity contribution in [2.24, 2.45) is 5.10 Å². The van der Waals surface area contributed by atoms with Crippen LogP contribution in [-0.2, 0) is 0 Å². The standard InChI is InChI=1S/C17H19N3O4/c1-12(2)24-17-13(5-4-6-16(17)23-3)11-18-19-14-7-9-15(10-8-14)20(21)22/h4-12,19H,1-3H3/b18-11-. The van der Waals surface area contributed by atoms with Gasteiger partial charge in [-0.3, -0.25) is 15.5 Å². The van der Waals surface area contributed by atoms with E-state index in [1.54, 1.807) is 25.5 Å². The Bertz CT molecular complexity index is 727. The van der Waals surface area contributed by atoms with Gasteiger partial charge in [-0.25, -0.2) is 0 Å². The van der Waals surface area contributed by atoms with Crippen LogP contribution in [0.4, 0.5) is 11.4 Å². The van der Waals surface area contributed by atoms with Crippen LogP contribution < -0.4 is 14.9 Å². The number of nitrogens with one attached hydrogen (secondary N) is 1. The first-order valence-corrected chi connectivity index (χ1v) is 7.38. The van der Waals surface area contributed by atoms with Gasteiger partial charge in [-0.2, -0.15) is 5.10 Å². The van der Waals surface area contributed by atoms with Crippen LogP contribution in [0.3, 0.4) is 0 Å². The lowest BCUT2D eigenvalue weighted by Crippen LogP contribution is -2.09. The first-order valence-electron chi connectivity index (χ1n) is 7.38. The van der Waals surface area contributed by atoms with Gasteiger partial charge in [0.05, 0.1) is 30.0 Å². The molecule has 0 heterocycles. The average Bonchev–Trinajstić information content (AvgIpc) is 2.56. The van der Waals surface area contributed by atoms with Crippen molar-refractivity contribution in [1.29, 1.82) is 0 Å². The number of benzene rings is 2. The highest BCUT2D eigenvalue weighted by Crippen LogP contribution is 2.31. The molecule has 7 heteroatoms. The molecule has 2 aromatic carbocycles. The summed E-state index contributed by atoms with van der Waals surface area (Å²) in [6.45, 7) is 3.87. The summed E-state index contributed by atoms with van der Waals surface area (Å²) < 4.78 is 11.1. The summed E-state index contributed by atoms with van der Waals surface area (Å²) in [5, 5.41) is 14.8. The van der Waals surface area contributed by atoms with Gasteiger partial charge in [0.25, 0.3) is 5.69 Å². The summed E-state index contributed by atoms with van der Waals surface area (Å²) in [4.78, 5) is 10.2. The molecule has 0 bridgehead atoms. The molecule has 2 aromatic rings. The average molecular weight is 329 g/mol. The second-order valence-electron chi connectivity index (χ2n) is 5.22. The van der Waals surface area contributed by atoms with Crippen LogP contribution in [0, 0.1) is 10.1 Å². The van der Waals surface area contributed by atoms with E-state index in [0.717, 1.165) is 5.56 Å². The zero-order valence-electron chi connectivity index (χ0n) is 13.7. The molecule has 0 fully saturated rings. The molecule has 7 nitrogen and oxygen atoms in total. The maximum Gasteiger partial charge on any atom is 0.269 e. The topological polar surface area (TPSA) is 86.0 Å². The van der Waals surface area contributed by atoms with Crippen LogP contribution in [0.25, 0.3) is 0 Å². The molecule has 0 spiro atoms. The van der Waals surface area contributed by atoms with Crippen molar-refractivity contribution in [2.45, 2.75) is 20.0 Å². The summed E-state index contributed by atoms with van der Waals surface area (Å²) in [5.74, 6) is 1.24. The van der Waals surface area contributed by atoms with E-state index in [1.165, 1.54) is 12.1 Å². The minimum absolute atomic E-state index is 0.00363. The van der Waals surface area contributed by atoms with Crippen molar-refractivity contribution >= 4 is 17.6 Å². The number of hydrogen-bond donors (Lipinski definition) is 1. The number of nitro benzene ring substituents is 1. The largest absolute Gasteiger partial charge is 0.493 e. The molecule has 0 radical (unpaired) electrons. The molecule has 0 aliphatic heterocycles. The lowest BCUT2D eigenvalue weighted by molar-refractivity contribution is -0.384. The fraction of sp³-hybridized carbons (Fsp3) is 0.235.